The van der Waals surface area contributed by atoms with Crippen molar-refractivity contribution >= 4 is 11.6 Å². The van der Waals surface area contributed by atoms with Gasteiger partial charge in [0.2, 0.25) is 0 Å². The Morgan fingerprint density at radius 2 is 2.08 bits per heavy atom. The van der Waals surface area contributed by atoms with Gasteiger partial charge in [-0.15, -0.1) is 11.6 Å². The van der Waals surface area contributed by atoms with E-state index in [0.29, 0.717) is 5.38 Å². The van der Waals surface area contributed by atoms with E-state index >= 15 is 0 Å². The highest BCUT2D eigenvalue weighted by atomic mass is 35.5. The molecule has 1 aliphatic carbocycles. The van der Waals surface area contributed by atoms with Gasteiger partial charge in [-0.25, -0.2) is 0 Å². The third-order valence-electron chi connectivity index (χ3n) is 3.69. The molecule has 0 bridgehead atoms. The van der Waals surface area contributed by atoms with Crippen LogP contribution in [0.4, 0.5) is 0 Å². The predicted molar refractivity (Wildman–Crippen MR) is 57.2 cm³/mol. The topological polar surface area (TPSA) is 3.24 Å². The summed E-state index contributed by atoms with van der Waals surface area (Å²) in [6, 6.07) is 0. The zero-order valence-corrected chi connectivity index (χ0v) is 9.26. The van der Waals surface area contributed by atoms with E-state index in [4.69, 9.17) is 11.6 Å². The molecule has 2 aliphatic rings. The summed E-state index contributed by atoms with van der Waals surface area (Å²) in [5.41, 5.74) is 0. The smallest absolute Gasteiger partial charge is 0.0489 e. The maximum atomic E-state index is 6.26. The second-order valence-electron chi connectivity index (χ2n) is 4.84. The van der Waals surface area contributed by atoms with Crippen molar-refractivity contribution in [2.24, 2.45) is 11.8 Å². The Balaban J connectivity index is 1.74. The first-order valence-corrected chi connectivity index (χ1v) is 6.06. The zero-order valence-electron chi connectivity index (χ0n) is 8.51. The molecule has 13 heavy (non-hydrogen) atoms. The summed E-state index contributed by atoms with van der Waals surface area (Å²) in [7, 11) is 0. The van der Waals surface area contributed by atoms with Crippen LogP contribution < -0.4 is 0 Å². The molecule has 1 nitrogen and oxygen atoms in total. The van der Waals surface area contributed by atoms with Crippen LogP contribution in [0, 0.1) is 11.8 Å². The fourth-order valence-electron chi connectivity index (χ4n) is 2.29. The number of hydrogen-bond donors (Lipinski definition) is 0. The van der Waals surface area contributed by atoms with Crippen molar-refractivity contribution < 1.29 is 0 Å². The number of piperidine rings is 1. The molecule has 2 fully saturated rings. The lowest BCUT2D eigenvalue weighted by molar-refractivity contribution is 0.139. The van der Waals surface area contributed by atoms with Crippen LogP contribution in [0.1, 0.15) is 32.6 Å². The molecule has 1 saturated heterocycles. The molecule has 2 rings (SSSR count). The van der Waals surface area contributed by atoms with Gasteiger partial charge in [0.05, 0.1) is 0 Å². The highest BCUT2D eigenvalue weighted by molar-refractivity contribution is 6.21. The van der Waals surface area contributed by atoms with Crippen LogP contribution in [0.5, 0.6) is 0 Å². The minimum Gasteiger partial charge on any atom is -0.302 e. The van der Waals surface area contributed by atoms with E-state index in [9.17, 15) is 0 Å². The number of hydrogen-bond acceptors (Lipinski definition) is 1. The summed E-state index contributed by atoms with van der Waals surface area (Å²) in [6.07, 6.45) is 5.66. The molecule has 0 aromatic carbocycles. The van der Waals surface area contributed by atoms with E-state index in [-0.39, 0.29) is 0 Å². The molecule has 0 amide bonds. The van der Waals surface area contributed by atoms with Crippen LogP contribution in [-0.4, -0.2) is 29.9 Å². The summed E-state index contributed by atoms with van der Waals surface area (Å²) in [5, 5.41) is 0.397. The first-order valence-electron chi connectivity index (χ1n) is 5.62. The highest BCUT2D eigenvalue weighted by Crippen LogP contribution is 2.29. The third kappa shape index (κ3) is 2.38. The first-order chi connectivity index (χ1) is 6.25. The summed E-state index contributed by atoms with van der Waals surface area (Å²) >= 11 is 6.26. The van der Waals surface area contributed by atoms with Crippen LogP contribution >= 0.6 is 11.6 Å². The summed E-state index contributed by atoms with van der Waals surface area (Å²) in [5.74, 6) is 1.72. The molecule has 0 aromatic rings. The van der Waals surface area contributed by atoms with Gasteiger partial charge in [0.25, 0.3) is 0 Å². The Morgan fingerprint density at radius 3 is 2.62 bits per heavy atom. The van der Waals surface area contributed by atoms with Gasteiger partial charge in [0.15, 0.2) is 0 Å². The molecular formula is C11H20ClN. The molecule has 1 saturated carbocycles. The third-order valence-corrected chi connectivity index (χ3v) is 4.26. The van der Waals surface area contributed by atoms with E-state index < -0.39 is 0 Å². The van der Waals surface area contributed by atoms with E-state index in [1.165, 1.54) is 38.8 Å². The van der Waals surface area contributed by atoms with Gasteiger partial charge in [0, 0.05) is 18.5 Å². The molecule has 2 atom stereocenters. The van der Waals surface area contributed by atoms with Crippen molar-refractivity contribution in [1.29, 1.82) is 0 Å². The first kappa shape index (κ1) is 9.79. The van der Waals surface area contributed by atoms with E-state index in [1.54, 1.807) is 0 Å². The Hall–Kier alpha value is 0.250. The Morgan fingerprint density at radius 1 is 1.31 bits per heavy atom. The number of likely N-dealkylation sites (tertiary alicyclic amines) is 1. The summed E-state index contributed by atoms with van der Waals surface area (Å²) in [6.45, 7) is 5.99. The van der Waals surface area contributed by atoms with Gasteiger partial charge in [-0.05, 0) is 37.6 Å². The standard InChI is InChI=1S/C11H20ClN/c1-9-5-6-13(8-11(9)12)7-10-3-2-4-10/h9-11H,2-8H2,1H3. The van der Waals surface area contributed by atoms with Crippen molar-refractivity contribution in [3.05, 3.63) is 0 Å². The average Bonchev–Trinajstić information content (AvgIpc) is 2.04. The van der Waals surface area contributed by atoms with Gasteiger partial charge >= 0.3 is 0 Å². The number of nitrogens with zero attached hydrogens (tertiary/aromatic N) is 1. The number of halogens is 1. The van der Waals surface area contributed by atoms with Crippen molar-refractivity contribution in [3.63, 3.8) is 0 Å². The molecule has 1 aliphatic heterocycles. The molecule has 0 radical (unpaired) electrons. The lowest BCUT2D eigenvalue weighted by atomic mass is 9.84. The molecule has 76 valence electrons. The van der Waals surface area contributed by atoms with Gasteiger partial charge in [-0.2, -0.15) is 0 Å². The Labute approximate surface area is 86.4 Å². The van der Waals surface area contributed by atoms with E-state index in [2.05, 4.69) is 11.8 Å². The normalized spacial score (nSPS) is 37.4. The number of rotatable bonds is 2. The van der Waals surface area contributed by atoms with Gasteiger partial charge in [-0.3, -0.25) is 0 Å². The van der Waals surface area contributed by atoms with Gasteiger partial charge < -0.3 is 4.90 Å². The average molecular weight is 202 g/mol. The molecular weight excluding hydrogens is 182 g/mol. The molecule has 0 N–H and O–H groups in total. The molecule has 0 spiro atoms. The fraction of sp³-hybridized carbons (Fsp3) is 1.00. The van der Waals surface area contributed by atoms with E-state index in [0.717, 1.165) is 18.4 Å². The van der Waals surface area contributed by atoms with E-state index in [1.807, 2.05) is 0 Å². The molecule has 1 heterocycles. The minimum absolute atomic E-state index is 0.397. The SMILES string of the molecule is CC1CCN(CC2CCC2)CC1Cl. The maximum absolute atomic E-state index is 6.26. The maximum Gasteiger partial charge on any atom is 0.0489 e. The van der Waals surface area contributed by atoms with Crippen LogP contribution in [0.15, 0.2) is 0 Å². The van der Waals surface area contributed by atoms with Crippen molar-refractivity contribution in [2.75, 3.05) is 19.6 Å². The highest BCUT2D eigenvalue weighted by Gasteiger charge is 2.27. The molecule has 0 aromatic heterocycles. The van der Waals surface area contributed by atoms with Crippen molar-refractivity contribution in [1.82, 2.24) is 4.90 Å². The fourth-order valence-corrected chi connectivity index (χ4v) is 2.61. The predicted octanol–water partition coefficient (Wildman–Crippen LogP) is 2.74. The second-order valence-corrected chi connectivity index (χ2v) is 5.40. The minimum atomic E-state index is 0.397. The summed E-state index contributed by atoms with van der Waals surface area (Å²) < 4.78 is 0. The number of alkyl halides is 1. The Bertz CT molecular complexity index is 165. The molecule has 2 heteroatoms. The largest absolute Gasteiger partial charge is 0.302 e. The van der Waals surface area contributed by atoms with Crippen molar-refractivity contribution in [3.8, 4) is 0 Å². The second kappa shape index (κ2) is 4.18. The lowest BCUT2D eigenvalue weighted by Gasteiger charge is -2.38. The van der Waals surface area contributed by atoms with Crippen LogP contribution in [0.2, 0.25) is 0 Å². The lowest BCUT2D eigenvalue weighted by Crippen LogP contribution is -2.43. The molecule has 2 unspecified atom stereocenters. The van der Waals surface area contributed by atoms with Gasteiger partial charge in [0.1, 0.15) is 0 Å². The monoisotopic (exact) mass is 201 g/mol. The van der Waals surface area contributed by atoms with Crippen LogP contribution in [0.3, 0.4) is 0 Å². The zero-order chi connectivity index (χ0) is 9.26. The van der Waals surface area contributed by atoms with Crippen molar-refractivity contribution in [2.45, 2.75) is 38.0 Å². The van der Waals surface area contributed by atoms with Crippen LogP contribution in [-0.2, 0) is 0 Å². The summed E-state index contributed by atoms with van der Waals surface area (Å²) in [4.78, 5) is 2.57. The Kier molecular flexibility index (Phi) is 3.15. The van der Waals surface area contributed by atoms with Crippen LogP contribution in [0.25, 0.3) is 0 Å². The van der Waals surface area contributed by atoms with Gasteiger partial charge in [-0.1, -0.05) is 13.3 Å². The quantitative estimate of drug-likeness (QED) is 0.622.